The fraction of sp³-hybridized carbons (Fsp3) is 0.611. The lowest BCUT2D eigenvalue weighted by Gasteiger charge is -2.36. The van der Waals surface area contributed by atoms with Crippen molar-refractivity contribution < 1.29 is 14.3 Å². The molecule has 3 atom stereocenters. The van der Waals surface area contributed by atoms with Crippen molar-refractivity contribution in [2.75, 3.05) is 14.2 Å². The molecule has 0 N–H and O–H groups in total. The maximum atomic E-state index is 12.4. The normalized spacial score (nSPS) is 15.0. The van der Waals surface area contributed by atoms with Crippen LogP contribution >= 0.6 is 0 Å². The van der Waals surface area contributed by atoms with Crippen molar-refractivity contribution in [1.82, 2.24) is 4.90 Å². The van der Waals surface area contributed by atoms with E-state index in [1.165, 1.54) is 0 Å². The fourth-order valence-electron chi connectivity index (χ4n) is 2.73. The first-order valence-electron chi connectivity index (χ1n) is 8.01. The van der Waals surface area contributed by atoms with Crippen molar-refractivity contribution in [1.29, 1.82) is 0 Å². The summed E-state index contributed by atoms with van der Waals surface area (Å²) in [5.41, 5.74) is 0.989. The van der Waals surface area contributed by atoms with Gasteiger partial charge in [-0.05, 0) is 17.9 Å². The van der Waals surface area contributed by atoms with Gasteiger partial charge in [-0.15, -0.1) is 0 Å². The molecule has 0 fully saturated rings. The summed E-state index contributed by atoms with van der Waals surface area (Å²) in [6.45, 7) is 6.64. The molecule has 0 heterocycles. The number of carbonyl (C=O) groups is 1. The average molecular weight is 307 g/mol. The van der Waals surface area contributed by atoms with Crippen LogP contribution in [0.25, 0.3) is 0 Å². The third kappa shape index (κ3) is 5.02. The van der Waals surface area contributed by atoms with E-state index >= 15 is 0 Å². The van der Waals surface area contributed by atoms with Gasteiger partial charge in [0, 0.05) is 14.2 Å². The smallest absolute Gasteiger partial charge is 0.410 e. The molecule has 0 aliphatic rings. The van der Waals surface area contributed by atoms with E-state index < -0.39 is 0 Å². The zero-order chi connectivity index (χ0) is 16.5. The van der Waals surface area contributed by atoms with Gasteiger partial charge >= 0.3 is 6.09 Å². The minimum absolute atomic E-state index is 0.0169. The van der Waals surface area contributed by atoms with Gasteiger partial charge in [-0.25, -0.2) is 4.79 Å². The van der Waals surface area contributed by atoms with Crippen LogP contribution in [0.15, 0.2) is 30.3 Å². The molecule has 0 aliphatic carbocycles. The second-order valence-corrected chi connectivity index (χ2v) is 5.71. The maximum Gasteiger partial charge on any atom is 0.410 e. The van der Waals surface area contributed by atoms with Gasteiger partial charge in [0.05, 0.1) is 12.1 Å². The Kier molecular flexibility index (Phi) is 7.96. The molecular weight excluding hydrogens is 278 g/mol. The minimum Gasteiger partial charge on any atom is -0.445 e. The third-order valence-electron chi connectivity index (χ3n) is 4.25. The predicted molar refractivity (Wildman–Crippen MR) is 88.7 cm³/mol. The third-order valence-corrected chi connectivity index (χ3v) is 4.25. The quantitative estimate of drug-likeness (QED) is 0.726. The highest BCUT2D eigenvalue weighted by atomic mass is 16.6. The highest BCUT2D eigenvalue weighted by molar-refractivity contribution is 5.67. The Morgan fingerprint density at radius 2 is 1.82 bits per heavy atom. The van der Waals surface area contributed by atoms with Crippen LogP contribution in [0.1, 0.15) is 39.2 Å². The molecule has 0 aromatic heterocycles. The van der Waals surface area contributed by atoms with Gasteiger partial charge in [-0.3, -0.25) is 0 Å². The average Bonchev–Trinajstić information content (AvgIpc) is 2.57. The lowest BCUT2D eigenvalue weighted by Crippen LogP contribution is -2.49. The van der Waals surface area contributed by atoms with Crippen LogP contribution in [-0.4, -0.2) is 37.3 Å². The zero-order valence-electron chi connectivity index (χ0n) is 14.4. The summed E-state index contributed by atoms with van der Waals surface area (Å²) < 4.78 is 11.0. The number of likely N-dealkylation sites (N-methyl/N-ethyl adjacent to an activating group) is 1. The van der Waals surface area contributed by atoms with E-state index in [2.05, 4.69) is 20.8 Å². The first kappa shape index (κ1) is 18.5. The fourth-order valence-corrected chi connectivity index (χ4v) is 2.73. The standard InChI is InChI=1S/C18H29NO3/c1-6-14(3)17(16(7-2)21-5)19(4)18(20)22-13-15-11-9-8-10-12-15/h8-12,14,16-17H,6-7,13H2,1-5H3. The molecule has 0 saturated carbocycles. The van der Waals surface area contributed by atoms with Crippen LogP contribution in [0.5, 0.6) is 0 Å². The van der Waals surface area contributed by atoms with Crippen LogP contribution in [0, 0.1) is 5.92 Å². The highest BCUT2D eigenvalue weighted by Crippen LogP contribution is 2.22. The monoisotopic (exact) mass is 307 g/mol. The lowest BCUT2D eigenvalue weighted by atomic mass is 9.92. The summed E-state index contributed by atoms with van der Waals surface area (Å²) in [7, 11) is 3.50. The van der Waals surface area contributed by atoms with E-state index in [1.54, 1.807) is 19.1 Å². The largest absolute Gasteiger partial charge is 0.445 e. The van der Waals surface area contributed by atoms with E-state index in [0.717, 1.165) is 18.4 Å². The number of amides is 1. The topological polar surface area (TPSA) is 38.8 Å². The van der Waals surface area contributed by atoms with Crippen molar-refractivity contribution in [3.8, 4) is 0 Å². The molecule has 22 heavy (non-hydrogen) atoms. The van der Waals surface area contributed by atoms with Crippen LogP contribution in [0.2, 0.25) is 0 Å². The number of carbonyl (C=O) groups excluding carboxylic acids is 1. The summed E-state index contributed by atoms with van der Waals surface area (Å²) in [5.74, 6) is 0.346. The second-order valence-electron chi connectivity index (χ2n) is 5.71. The molecule has 1 aromatic rings. The van der Waals surface area contributed by atoms with Crippen molar-refractivity contribution in [3.63, 3.8) is 0 Å². The summed E-state index contributed by atoms with van der Waals surface area (Å²) in [4.78, 5) is 14.1. The van der Waals surface area contributed by atoms with Gasteiger partial charge in [-0.1, -0.05) is 57.5 Å². The molecule has 1 aromatic carbocycles. The van der Waals surface area contributed by atoms with Crippen molar-refractivity contribution in [2.24, 2.45) is 5.92 Å². The molecule has 0 spiro atoms. The highest BCUT2D eigenvalue weighted by Gasteiger charge is 2.32. The van der Waals surface area contributed by atoms with Gasteiger partial charge in [0.15, 0.2) is 0 Å². The Hall–Kier alpha value is -1.55. The predicted octanol–water partition coefficient (Wildman–Crippen LogP) is 4.09. The molecule has 4 heteroatoms. The molecule has 1 amide bonds. The van der Waals surface area contributed by atoms with Crippen LogP contribution in [0.3, 0.4) is 0 Å². The summed E-state index contributed by atoms with van der Waals surface area (Å²) in [6.07, 6.45) is 1.57. The van der Waals surface area contributed by atoms with Gasteiger partial charge in [-0.2, -0.15) is 0 Å². The van der Waals surface area contributed by atoms with E-state index in [4.69, 9.17) is 9.47 Å². The molecule has 3 unspecified atom stereocenters. The van der Waals surface area contributed by atoms with Crippen LogP contribution in [-0.2, 0) is 16.1 Å². The van der Waals surface area contributed by atoms with Gasteiger partial charge in [0.25, 0.3) is 0 Å². The van der Waals surface area contributed by atoms with Crippen molar-refractivity contribution in [3.05, 3.63) is 35.9 Å². The van der Waals surface area contributed by atoms with Crippen molar-refractivity contribution >= 4 is 6.09 Å². The zero-order valence-corrected chi connectivity index (χ0v) is 14.4. The van der Waals surface area contributed by atoms with Gasteiger partial charge < -0.3 is 14.4 Å². The van der Waals surface area contributed by atoms with Crippen molar-refractivity contribution in [2.45, 2.75) is 52.4 Å². The first-order valence-corrected chi connectivity index (χ1v) is 8.01. The van der Waals surface area contributed by atoms with E-state index in [1.807, 2.05) is 30.3 Å². The molecular formula is C18H29NO3. The molecule has 0 aliphatic heterocycles. The summed E-state index contributed by atoms with van der Waals surface area (Å²) in [5, 5.41) is 0. The molecule has 0 radical (unpaired) electrons. The number of rotatable bonds is 8. The van der Waals surface area contributed by atoms with E-state index in [0.29, 0.717) is 12.5 Å². The Morgan fingerprint density at radius 1 is 1.18 bits per heavy atom. The first-order chi connectivity index (χ1) is 10.5. The van der Waals surface area contributed by atoms with Crippen LogP contribution in [0.4, 0.5) is 4.79 Å². The summed E-state index contributed by atoms with van der Waals surface area (Å²) in [6, 6.07) is 9.73. The van der Waals surface area contributed by atoms with Gasteiger partial charge in [0.1, 0.15) is 6.61 Å². The SMILES string of the molecule is CCC(C)C(C(CC)OC)N(C)C(=O)OCc1ccccc1. The number of hydrogen-bond acceptors (Lipinski definition) is 3. The number of hydrogen-bond donors (Lipinski definition) is 0. The maximum absolute atomic E-state index is 12.4. The molecule has 124 valence electrons. The number of methoxy groups -OCH3 is 1. The van der Waals surface area contributed by atoms with Gasteiger partial charge in [0.2, 0.25) is 0 Å². The molecule has 4 nitrogen and oxygen atoms in total. The van der Waals surface area contributed by atoms with Crippen LogP contribution < -0.4 is 0 Å². The molecule has 0 saturated heterocycles. The molecule has 1 rings (SSSR count). The van der Waals surface area contributed by atoms with E-state index in [-0.39, 0.29) is 18.2 Å². The number of ether oxygens (including phenoxy) is 2. The second kappa shape index (κ2) is 9.46. The molecule has 0 bridgehead atoms. The number of nitrogens with zero attached hydrogens (tertiary/aromatic N) is 1. The Bertz CT molecular complexity index is 431. The lowest BCUT2D eigenvalue weighted by molar-refractivity contribution is -0.00561. The Labute approximate surface area is 134 Å². The Balaban J connectivity index is 2.71. The number of benzene rings is 1. The minimum atomic E-state index is -0.301. The Morgan fingerprint density at radius 3 is 2.32 bits per heavy atom. The van der Waals surface area contributed by atoms with E-state index in [9.17, 15) is 4.79 Å². The summed E-state index contributed by atoms with van der Waals surface area (Å²) >= 11 is 0.